The van der Waals surface area contributed by atoms with Crippen LogP contribution in [0, 0.1) is 17.0 Å². The van der Waals surface area contributed by atoms with Gasteiger partial charge in [-0.15, -0.1) is 0 Å². The number of aryl methyl sites for hydroxylation is 1. The second kappa shape index (κ2) is 6.19. The zero-order chi connectivity index (χ0) is 15.5. The Labute approximate surface area is 117 Å². The van der Waals surface area contributed by atoms with E-state index in [9.17, 15) is 20.3 Å². The molecule has 0 radical (unpaired) electrons. The zero-order valence-electron chi connectivity index (χ0n) is 12.3. The molecule has 0 saturated carbocycles. The maximum absolute atomic E-state index is 11.2. The normalized spacial score (nSPS) is 11.9. The first-order chi connectivity index (χ1) is 9.31. The minimum atomic E-state index is -1.01. The van der Waals surface area contributed by atoms with Crippen molar-refractivity contribution in [2.24, 2.45) is 0 Å². The lowest BCUT2D eigenvalue weighted by Gasteiger charge is -2.30. The molecule has 0 fully saturated rings. The Morgan fingerprint density at radius 3 is 2.35 bits per heavy atom. The molecule has 0 aromatic carbocycles. The lowest BCUT2D eigenvalue weighted by Crippen LogP contribution is -2.46. The summed E-state index contributed by atoms with van der Waals surface area (Å²) in [5, 5.41) is 37.3. The van der Waals surface area contributed by atoms with E-state index in [1.165, 1.54) is 4.68 Å². The van der Waals surface area contributed by atoms with E-state index in [1.54, 1.807) is 13.8 Å². The molecule has 0 aliphatic heterocycles. The van der Waals surface area contributed by atoms with E-state index in [2.05, 4.69) is 10.4 Å². The van der Waals surface area contributed by atoms with Gasteiger partial charge in [0.1, 0.15) is 5.69 Å². The maximum atomic E-state index is 11.2. The summed E-state index contributed by atoms with van der Waals surface area (Å²) in [6.07, 6.45) is 0.416. The highest BCUT2D eigenvalue weighted by Gasteiger charge is 2.34. The Balaban J connectivity index is 3.37. The predicted octanol–water partition coefficient (Wildman–Crippen LogP) is 1.23. The zero-order valence-corrected chi connectivity index (χ0v) is 12.3. The molecular formula is C12H22N4O4. The van der Waals surface area contributed by atoms with Crippen LogP contribution in [0.1, 0.15) is 38.9 Å². The summed E-state index contributed by atoms with van der Waals surface area (Å²) < 4.78 is 1.50. The summed E-state index contributed by atoms with van der Waals surface area (Å²) in [6.45, 7) is 6.39. The van der Waals surface area contributed by atoms with Gasteiger partial charge in [0, 0.05) is 6.04 Å². The summed E-state index contributed by atoms with van der Waals surface area (Å²) in [5.41, 5.74) is -0.838. The number of rotatable bonds is 7. The molecule has 1 rings (SSSR count). The Morgan fingerprint density at radius 1 is 1.45 bits per heavy atom. The predicted molar refractivity (Wildman–Crippen MR) is 74.8 cm³/mol. The number of aliphatic hydroxyl groups is 2. The van der Waals surface area contributed by atoms with Gasteiger partial charge in [0.05, 0.1) is 23.7 Å². The van der Waals surface area contributed by atoms with Gasteiger partial charge in [0.2, 0.25) is 5.82 Å². The quantitative estimate of drug-likeness (QED) is 0.513. The second-order valence-corrected chi connectivity index (χ2v) is 5.15. The van der Waals surface area contributed by atoms with Crippen LogP contribution in [0.15, 0.2) is 0 Å². The highest BCUT2D eigenvalue weighted by atomic mass is 16.6. The van der Waals surface area contributed by atoms with Gasteiger partial charge < -0.3 is 15.5 Å². The molecule has 0 bridgehead atoms. The van der Waals surface area contributed by atoms with Crippen molar-refractivity contribution in [2.75, 3.05) is 18.5 Å². The van der Waals surface area contributed by atoms with E-state index in [0.29, 0.717) is 12.1 Å². The van der Waals surface area contributed by atoms with Crippen molar-refractivity contribution in [3.63, 3.8) is 0 Å². The van der Waals surface area contributed by atoms with Gasteiger partial charge in [-0.3, -0.25) is 10.1 Å². The minimum absolute atomic E-state index is 0.0863. The molecule has 1 heterocycles. The van der Waals surface area contributed by atoms with Crippen molar-refractivity contribution < 1.29 is 15.1 Å². The first-order valence-corrected chi connectivity index (χ1v) is 6.55. The lowest BCUT2D eigenvalue weighted by atomic mass is 9.98. The molecule has 8 heteroatoms. The van der Waals surface area contributed by atoms with Crippen LogP contribution in [-0.2, 0) is 0 Å². The molecule has 0 amide bonds. The van der Waals surface area contributed by atoms with E-state index < -0.39 is 10.5 Å². The fourth-order valence-corrected chi connectivity index (χ4v) is 1.94. The van der Waals surface area contributed by atoms with Crippen LogP contribution in [0.25, 0.3) is 0 Å². The molecule has 3 N–H and O–H groups in total. The Kier molecular flexibility index (Phi) is 5.07. The van der Waals surface area contributed by atoms with E-state index in [1.807, 2.05) is 13.8 Å². The first kappa shape index (κ1) is 16.4. The molecular weight excluding hydrogens is 264 g/mol. The van der Waals surface area contributed by atoms with E-state index in [-0.39, 0.29) is 30.8 Å². The van der Waals surface area contributed by atoms with Crippen LogP contribution in [0.3, 0.4) is 0 Å². The lowest BCUT2D eigenvalue weighted by molar-refractivity contribution is -0.384. The van der Waals surface area contributed by atoms with E-state index in [0.717, 1.165) is 0 Å². The second-order valence-electron chi connectivity index (χ2n) is 5.15. The smallest absolute Gasteiger partial charge is 0.333 e. The highest BCUT2D eigenvalue weighted by molar-refractivity contribution is 5.61. The van der Waals surface area contributed by atoms with Gasteiger partial charge in [-0.05, 0) is 27.2 Å². The Hall–Kier alpha value is -1.67. The van der Waals surface area contributed by atoms with Gasteiger partial charge in [0.15, 0.2) is 0 Å². The molecule has 1 aromatic heterocycles. The van der Waals surface area contributed by atoms with Crippen LogP contribution in [0.4, 0.5) is 11.5 Å². The van der Waals surface area contributed by atoms with Crippen molar-refractivity contribution in [1.29, 1.82) is 0 Å². The number of nitrogens with one attached hydrogen (secondary N) is 1. The van der Waals surface area contributed by atoms with Gasteiger partial charge in [-0.25, -0.2) is 4.68 Å². The molecule has 8 nitrogen and oxygen atoms in total. The fraction of sp³-hybridized carbons (Fsp3) is 0.750. The third-order valence-electron chi connectivity index (χ3n) is 3.39. The standard InChI is InChI=1S/C12H22N4O4/c1-5-12(6-17,7-18)13-11-10(16(19)20)9(4)14-15(11)8(2)3/h8,13,17-18H,5-7H2,1-4H3. The third-order valence-corrected chi connectivity index (χ3v) is 3.39. The number of nitrogens with zero attached hydrogens (tertiary/aromatic N) is 3. The number of aromatic nitrogens is 2. The molecule has 0 atom stereocenters. The van der Waals surface area contributed by atoms with Gasteiger partial charge >= 0.3 is 5.69 Å². The third kappa shape index (κ3) is 2.91. The molecule has 0 saturated heterocycles. The van der Waals surface area contributed by atoms with Crippen molar-refractivity contribution in [2.45, 2.75) is 45.7 Å². The average molecular weight is 286 g/mol. The summed E-state index contributed by atoms with van der Waals surface area (Å²) in [4.78, 5) is 10.7. The summed E-state index contributed by atoms with van der Waals surface area (Å²) >= 11 is 0. The van der Waals surface area contributed by atoms with E-state index in [4.69, 9.17) is 0 Å². The highest BCUT2D eigenvalue weighted by Crippen LogP contribution is 2.33. The SMILES string of the molecule is CCC(CO)(CO)Nc1c([N+](=O)[O-])c(C)nn1C(C)C. The molecule has 1 aromatic rings. The molecule has 0 aliphatic carbocycles. The Bertz CT molecular complexity index is 472. The monoisotopic (exact) mass is 286 g/mol. The molecule has 0 aliphatic rings. The number of nitro groups is 1. The minimum Gasteiger partial charge on any atom is -0.394 e. The summed E-state index contributed by atoms with van der Waals surface area (Å²) in [7, 11) is 0. The van der Waals surface area contributed by atoms with Crippen LogP contribution in [-0.4, -0.2) is 43.7 Å². The summed E-state index contributed by atoms with van der Waals surface area (Å²) in [6, 6.07) is -0.0863. The average Bonchev–Trinajstić information content (AvgIpc) is 2.73. The van der Waals surface area contributed by atoms with Crippen LogP contribution in [0.5, 0.6) is 0 Å². The molecule has 0 unspecified atom stereocenters. The van der Waals surface area contributed by atoms with Gasteiger partial charge in [-0.2, -0.15) is 5.10 Å². The molecule has 20 heavy (non-hydrogen) atoms. The number of anilines is 1. The molecule has 0 spiro atoms. The largest absolute Gasteiger partial charge is 0.394 e. The fourth-order valence-electron chi connectivity index (χ4n) is 1.94. The van der Waals surface area contributed by atoms with Gasteiger partial charge in [-0.1, -0.05) is 6.92 Å². The number of hydrogen-bond acceptors (Lipinski definition) is 6. The number of aliphatic hydroxyl groups excluding tert-OH is 2. The van der Waals surface area contributed by atoms with Crippen molar-refractivity contribution in [1.82, 2.24) is 9.78 Å². The summed E-state index contributed by atoms with van der Waals surface area (Å²) in [5.74, 6) is 0.215. The van der Waals surface area contributed by atoms with Crippen LogP contribution >= 0.6 is 0 Å². The first-order valence-electron chi connectivity index (χ1n) is 6.55. The topological polar surface area (TPSA) is 113 Å². The van der Waals surface area contributed by atoms with Crippen molar-refractivity contribution >= 4 is 11.5 Å². The van der Waals surface area contributed by atoms with E-state index >= 15 is 0 Å². The molecule has 114 valence electrons. The Morgan fingerprint density at radius 2 is 2.00 bits per heavy atom. The van der Waals surface area contributed by atoms with Gasteiger partial charge in [0.25, 0.3) is 0 Å². The number of hydrogen-bond donors (Lipinski definition) is 3. The van der Waals surface area contributed by atoms with Crippen molar-refractivity contribution in [3.8, 4) is 0 Å². The maximum Gasteiger partial charge on any atom is 0.333 e. The van der Waals surface area contributed by atoms with Crippen LogP contribution < -0.4 is 5.32 Å². The van der Waals surface area contributed by atoms with Crippen molar-refractivity contribution in [3.05, 3.63) is 15.8 Å². The van der Waals surface area contributed by atoms with Crippen LogP contribution in [0.2, 0.25) is 0 Å².